The first-order valence-electron chi connectivity index (χ1n) is 3.64. The summed E-state index contributed by atoms with van der Waals surface area (Å²) >= 11 is 1.37. The standard InChI is InChI=1S/C7H11N3O2S/c1-4-3-13-7(9-4)5(12-2)6(11)10-8/h3,5H,8H2,1-2H3,(H,10,11). The van der Waals surface area contributed by atoms with E-state index in [-0.39, 0.29) is 0 Å². The Hall–Kier alpha value is -0.980. The number of hydrogen-bond donors (Lipinski definition) is 2. The summed E-state index contributed by atoms with van der Waals surface area (Å²) in [5, 5.41) is 2.47. The normalized spacial score (nSPS) is 12.5. The second-order valence-corrected chi connectivity index (χ2v) is 3.34. The van der Waals surface area contributed by atoms with Crippen LogP contribution in [0.1, 0.15) is 16.8 Å². The Balaban J connectivity index is 2.84. The molecule has 5 nitrogen and oxygen atoms in total. The Kier molecular flexibility index (Phi) is 3.35. The zero-order chi connectivity index (χ0) is 9.84. The van der Waals surface area contributed by atoms with Gasteiger partial charge in [0, 0.05) is 18.2 Å². The fraction of sp³-hybridized carbons (Fsp3) is 0.429. The van der Waals surface area contributed by atoms with Gasteiger partial charge in [-0.1, -0.05) is 0 Å². The monoisotopic (exact) mass is 201 g/mol. The van der Waals surface area contributed by atoms with Crippen molar-refractivity contribution < 1.29 is 9.53 Å². The third kappa shape index (κ3) is 2.24. The van der Waals surface area contributed by atoms with Crippen LogP contribution in [0, 0.1) is 6.92 Å². The minimum Gasteiger partial charge on any atom is -0.364 e. The number of nitrogens with zero attached hydrogens (tertiary/aromatic N) is 1. The van der Waals surface area contributed by atoms with E-state index in [4.69, 9.17) is 10.6 Å². The molecular weight excluding hydrogens is 190 g/mol. The highest BCUT2D eigenvalue weighted by Crippen LogP contribution is 2.20. The number of nitrogens with one attached hydrogen (secondary N) is 1. The Morgan fingerprint density at radius 3 is 2.92 bits per heavy atom. The van der Waals surface area contributed by atoms with Crippen molar-refractivity contribution in [1.82, 2.24) is 10.4 Å². The van der Waals surface area contributed by atoms with E-state index in [1.54, 1.807) is 0 Å². The van der Waals surface area contributed by atoms with E-state index >= 15 is 0 Å². The lowest BCUT2D eigenvalue weighted by Crippen LogP contribution is -2.35. The molecule has 1 unspecified atom stereocenters. The van der Waals surface area contributed by atoms with E-state index in [0.29, 0.717) is 5.01 Å². The number of aryl methyl sites for hydroxylation is 1. The quantitative estimate of drug-likeness (QED) is 0.414. The van der Waals surface area contributed by atoms with E-state index < -0.39 is 12.0 Å². The van der Waals surface area contributed by atoms with E-state index in [1.807, 2.05) is 17.7 Å². The largest absolute Gasteiger partial charge is 0.364 e. The zero-order valence-electron chi connectivity index (χ0n) is 7.40. The molecule has 6 heteroatoms. The zero-order valence-corrected chi connectivity index (χ0v) is 8.22. The summed E-state index contributed by atoms with van der Waals surface area (Å²) in [7, 11) is 1.44. The van der Waals surface area contributed by atoms with Crippen molar-refractivity contribution in [3.8, 4) is 0 Å². The summed E-state index contributed by atoms with van der Waals surface area (Å²) in [6.45, 7) is 1.85. The highest BCUT2D eigenvalue weighted by atomic mass is 32.1. The number of ether oxygens (including phenoxy) is 1. The minimum absolute atomic E-state index is 0.392. The smallest absolute Gasteiger partial charge is 0.270 e. The first-order valence-corrected chi connectivity index (χ1v) is 4.52. The van der Waals surface area contributed by atoms with Crippen molar-refractivity contribution in [1.29, 1.82) is 0 Å². The predicted octanol–water partition coefficient (Wildman–Crippen LogP) is 0.129. The van der Waals surface area contributed by atoms with Gasteiger partial charge in [0.25, 0.3) is 5.91 Å². The molecule has 0 aliphatic heterocycles. The van der Waals surface area contributed by atoms with Gasteiger partial charge in [-0.05, 0) is 6.92 Å². The predicted molar refractivity (Wildman–Crippen MR) is 48.9 cm³/mol. The first-order chi connectivity index (χ1) is 6.19. The van der Waals surface area contributed by atoms with Crippen molar-refractivity contribution in [2.45, 2.75) is 13.0 Å². The third-order valence-electron chi connectivity index (χ3n) is 1.48. The molecule has 0 bridgehead atoms. The van der Waals surface area contributed by atoms with Crippen LogP contribution in [0.2, 0.25) is 0 Å². The average molecular weight is 201 g/mol. The highest BCUT2D eigenvalue weighted by molar-refractivity contribution is 7.09. The van der Waals surface area contributed by atoms with Crippen LogP contribution in [0.15, 0.2) is 5.38 Å². The van der Waals surface area contributed by atoms with Gasteiger partial charge in [-0.15, -0.1) is 11.3 Å². The van der Waals surface area contributed by atoms with Crippen LogP contribution in [0.25, 0.3) is 0 Å². The molecule has 0 aromatic carbocycles. The molecule has 1 amide bonds. The van der Waals surface area contributed by atoms with Crippen molar-refractivity contribution >= 4 is 17.2 Å². The number of nitrogens with two attached hydrogens (primary N) is 1. The molecule has 0 spiro atoms. The Bertz CT molecular complexity index is 300. The molecular formula is C7H11N3O2S. The van der Waals surface area contributed by atoms with E-state index in [1.165, 1.54) is 18.4 Å². The van der Waals surface area contributed by atoms with Crippen LogP contribution < -0.4 is 11.3 Å². The number of carbonyl (C=O) groups is 1. The van der Waals surface area contributed by atoms with Crippen molar-refractivity contribution in [3.63, 3.8) is 0 Å². The maximum absolute atomic E-state index is 11.2. The third-order valence-corrected chi connectivity index (χ3v) is 2.48. The van der Waals surface area contributed by atoms with Crippen molar-refractivity contribution in [2.75, 3.05) is 7.11 Å². The molecule has 1 heterocycles. The molecule has 13 heavy (non-hydrogen) atoms. The van der Waals surface area contributed by atoms with Gasteiger partial charge in [0.2, 0.25) is 0 Å². The summed E-state index contributed by atoms with van der Waals surface area (Å²) in [5.41, 5.74) is 2.89. The number of aromatic nitrogens is 1. The van der Waals surface area contributed by atoms with Crippen LogP contribution in [0.3, 0.4) is 0 Å². The van der Waals surface area contributed by atoms with E-state index in [0.717, 1.165) is 5.69 Å². The summed E-state index contributed by atoms with van der Waals surface area (Å²) in [4.78, 5) is 15.3. The number of methoxy groups -OCH3 is 1. The topological polar surface area (TPSA) is 77.2 Å². The summed E-state index contributed by atoms with van der Waals surface area (Å²) in [6.07, 6.45) is -0.705. The molecule has 1 aromatic rings. The number of thiazole rings is 1. The second kappa shape index (κ2) is 4.31. The fourth-order valence-corrected chi connectivity index (χ4v) is 1.76. The Morgan fingerprint density at radius 1 is 1.85 bits per heavy atom. The number of hydrazine groups is 1. The number of rotatable bonds is 3. The molecule has 0 aliphatic carbocycles. The lowest BCUT2D eigenvalue weighted by atomic mass is 10.3. The first kappa shape index (κ1) is 10.1. The maximum atomic E-state index is 11.2. The van der Waals surface area contributed by atoms with Gasteiger partial charge in [-0.2, -0.15) is 0 Å². The maximum Gasteiger partial charge on any atom is 0.270 e. The van der Waals surface area contributed by atoms with Gasteiger partial charge in [-0.3, -0.25) is 10.2 Å². The van der Waals surface area contributed by atoms with Crippen LogP contribution in [0.5, 0.6) is 0 Å². The minimum atomic E-state index is -0.705. The van der Waals surface area contributed by atoms with Gasteiger partial charge in [0.1, 0.15) is 5.01 Å². The summed E-state index contributed by atoms with van der Waals surface area (Å²) < 4.78 is 4.96. The molecule has 0 saturated heterocycles. The van der Waals surface area contributed by atoms with E-state index in [9.17, 15) is 4.79 Å². The molecule has 0 radical (unpaired) electrons. The number of hydrogen-bond acceptors (Lipinski definition) is 5. The molecule has 0 aliphatic rings. The molecule has 0 fully saturated rings. The number of carbonyl (C=O) groups excluding carboxylic acids is 1. The van der Waals surface area contributed by atoms with Gasteiger partial charge >= 0.3 is 0 Å². The molecule has 1 aromatic heterocycles. The Labute approximate surface area is 79.9 Å². The van der Waals surface area contributed by atoms with Gasteiger partial charge < -0.3 is 4.74 Å². The molecule has 1 atom stereocenters. The lowest BCUT2D eigenvalue weighted by Gasteiger charge is -2.09. The fourth-order valence-electron chi connectivity index (χ4n) is 0.888. The highest BCUT2D eigenvalue weighted by Gasteiger charge is 2.21. The summed E-state index contributed by atoms with van der Waals surface area (Å²) in [6, 6.07) is 0. The Morgan fingerprint density at radius 2 is 2.54 bits per heavy atom. The van der Waals surface area contributed by atoms with Gasteiger partial charge in [0.15, 0.2) is 6.10 Å². The van der Waals surface area contributed by atoms with Crippen LogP contribution >= 0.6 is 11.3 Å². The summed E-state index contributed by atoms with van der Waals surface area (Å²) in [5.74, 6) is 4.60. The molecule has 1 rings (SSSR count). The lowest BCUT2D eigenvalue weighted by molar-refractivity contribution is -0.131. The van der Waals surface area contributed by atoms with Crippen molar-refractivity contribution in [2.24, 2.45) is 5.84 Å². The van der Waals surface area contributed by atoms with Gasteiger partial charge in [0.05, 0.1) is 0 Å². The average Bonchev–Trinajstić information content (AvgIpc) is 2.53. The molecule has 0 saturated carbocycles. The molecule has 3 N–H and O–H groups in total. The van der Waals surface area contributed by atoms with Crippen LogP contribution in [-0.2, 0) is 9.53 Å². The van der Waals surface area contributed by atoms with Crippen molar-refractivity contribution in [3.05, 3.63) is 16.1 Å². The number of amides is 1. The SMILES string of the molecule is COC(C(=O)NN)c1nc(C)cs1. The van der Waals surface area contributed by atoms with Crippen LogP contribution in [0.4, 0.5) is 0 Å². The van der Waals surface area contributed by atoms with Gasteiger partial charge in [-0.25, -0.2) is 10.8 Å². The molecule has 72 valence electrons. The van der Waals surface area contributed by atoms with Crippen LogP contribution in [-0.4, -0.2) is 18.0 Å². The second-order valence-electron chi connectivity index (χ2n) is 2.45. The van der Waals surface area contributed by atoms with E-state index in [2.05, 4.69) is 4.98 Å².